The molecular formula is C24H30ClN7O. The first-order valence-corrected chi connectivity index (χ1v) is 12.2. The van der Waals surface area contributed by atoms with Gasteiger partial charge in [-0.2, -0.15) is 0 Å². The minimum Gasteiger partial charge on any atom is -0.369 e. The van der Waals surface area contributed by atoms with Crippen LogP contribution >= 0.6 is 11.6 Å². The van der Waals surface area contributed by atoms with Crippen molar-refractivity contribution in [2.24, 2.45) is 5.73 Å². The second kappa shape index (κ2) is 9.65. The van der Waals surface area contributed by atoms with E-state index in [9.17, 15) is 4.79 Å². The number of nitrogens with zero attached hydrogens (tertiary/aromatic N) is 4. The topological polar surface area (TPSA) is 113 Å². The molecule has 174 valence electrons. The third-order valence-electron chi connectivity index (χ3n) is 7.05. The number of amides is 1. The molecule has 8 nitrogen and oxygen atoms in total. The standard InChI is InChI=1S/C24H30ClN7O/c25-21-12-20(19-13-28-23-18(19)6-3-11-27-23)30-24(31-21)29-15-7-9-17(10-8-15)32(14-22(26)33)16-4-1-2-5-16/h3,6,11-13,15-17H,1-2,4-5,7-10,14H2,(H2,26,33)(H,27,28)(H,29,30,31)/t15-,17-. The third-order valence-corrected chi connectivity index (χ3v) is 7.25. The number of halogens is 1. The zero-order valence-corrected chi connectivity index (χ0v) is 19.4. The first-order valence-electron chi connectivity index (χ1n) is 11.8. The summed E-state index contributed by atoms with van der Waals surface area (Å²) in [7, 11) is 0. The van der Waals surface area contributed by atoms with Gasteiger partial charge >= 0.3 is 0 Å². The van der Waals surface area contributed by atoms with Crippen LogP contribution in [0.5, 0.6) is 0 Å². The van der Waals surface area contributed by atoms with Gasteiger partial charge in [0.25, 0.3) is 0 Å². The van der Waals surface area contributed by atoms with E-state index in [1.165, 1.54) is 25.7 Å². The van der Waals surface area contributed by atoms with E-state index >= 15 is 0 Å². The van der Waals surface area contributed by atoms with Crippen LogP contribution in [-0.4, -0.2) is 55.4 Å². The average molecular weight is 468 g/mol. The molecule has 0 aromatic carbocycles. The zero-order chi connectivity index (χ0) is 22.8. The lowest BCUT2D eigenvalue weighted by Gasteiger charge is -2.39. The highest BCUT2D eigenvalue weighted by atomic mass is 35.5. The molecule has 2 saturated carbocycles. The predicted molar refractivity (Wildman–Crippen MR) is 130 cm³/mol. The molecule has 5 rings (SSSR count). The van der Waals surface area contributed by atoms with E-state index in [1.54, 1.807) is 12.3 Å². The fourth-order valence-corrected chi connectivity index (χ4v) is 5.68. The number of carbonyl (C=O) groups excluding carboxylic acids is 1. The van der Waals surface area contributed by atoms with Gasteiger partial charge in [0.1, 0.15) is 10.8 Å². The van der Waals surface area contributed by atoms with Crippen molar-refractivity contribution in [3.63, 3.8) is 0 Å². The zero-order valence-electron chi connectivity index (χ0n) is 18.6. The summed E-state index contributed by atoms with van der Waals surface area (Å²) in [6.45, 7) is 0.369. The van der Waals surface area contributed by atoms with E-state index in [1.807, 2.05) is 18.3 Å². The van der Waals surface area contributed by atoms with Gasteiger partial charge in [-0.15, -0.1) is 0 Å². The van der Waals surface area contributed by atoms with E-state index in [0.29, 0.717) is 29.7 Å². The maximum Gasteiger partial charge on any atom is 0.231 e. The van der Waals surface area contributed by atoms with Gasteiger partial charge in [0, 0.05) is 47.5 Å². The number of aromatic amines is 1. The number of carbonyl (C=O) groups is 1. The van der Waals surface area contributed by atoms with Crippen LogP contribution in [0.15, 0.2) is 30.6 Å². The first kappa shape index (κ1) is 22.1. The number of aromatic nitrogens is 4. The Bertz CT molecular complexity index is 1120. The Hall–Kier alpha value is -2.71. The average Bonchev–Trinajstić information content (AvgIpc) is 3.48. The van der Waals surface area contributed by atoms with Gasteiger partial charge in [-0.25, -0.2) is 15.0 Å². The molecule has 0 radical (unpaired) electrons. The molecule has 9 heteroatoms. The SMILES string of the molecule is NC(=O)CN(C1CCCC1)[C@H]1CC[C@H](Nc2nc(Cl)cc(-c3c[nH]c4ncccc34)n2)CC1. The fourth-order valence-electron chi connectivity index (χ4n) is 5.49. The monoisotopic (exact) mass is 467 g/mol. The minimum atomic E-state index is -0.227. The Kier molecular flexibility index (Phi) is 6.46. The van der Waals surface area contributed by atoms with Gasteiger partial charge in [0.15, 0.2) is 0 Å². The van der Waals surface area contributed by atoms with Gasteiger partial charge in [-0.05, 0) is 50.7 Å². The van der Waals surface area contributed by atoms with Gasteiger partial charge in [-0.1, -0.05) is 24.4 Å². The molecule has 1 amide bonds. The Balaban J connectivity index is 1.27. The normalized spacial score (nSPS) is 21.6. The third kappa shape index (κ3) is 4.96. The minimum absolute atomic E-state index is 0.227. The molecule has 33 heavy (non-hydrogen) atoms. The summed E-state index contributed by atoms with van der Waals surface area (Å²) in [5.41, 5.74) is 8.10. The van der Waals surface area contributed by atoms with Crippen LogP contribution in [0.3, 0.4) is 0 Å². The van der Waals surface area contributed by atoms with Crippen LogP contribution in [0.2, 0.25) is 5.15 Å². The number of nitrogens with two attached hydrogens (primary N) is 1. The molecule has 3 aromatic rings. The second-order valence-corrected chi connectivity index (χ2v) is 9.62. The Labute approximate surface area is 198 Å². The van der Waals surface area contributed by atoms with Crippen molar-refractivity contribution < 1.29 is 4.79 Å². The van der Waals surface area contributed by atoms with Crippen LogP contribution in [0, 0.1) is 0 Å². The second-order valence-electron chi connectivity index (χ2n) is 9.23. The van der Waals surface area contributed by atoms with Crippen molar-refractivity contribution in [3.05, 3.63) is 35.7 Å². The molecule has 0 aliphatic heterocycles. The lowest BCUT2D eigenvalue weighted by Crippen LogP contribution is -2.48. The summed E-state index contributed by atoms with van der Waals surface area (Å²) in [5, 5.41) is 4.91. The van der Waals surface area contributed by atoms with Crippen LogP contribution in [0.25, 0.3) is 22.3 Å². The summed E-state index contributed by atoms with van der Waals surface area (Å²) >= 11 is 6.35. The highest BCUT2D eigenvalue weighted by Gasteiger charge is 2.32. The maximum atomic E-state index is 11.7. The lowest BCUT2D eigenvalue weighted by atomic mass is 9.89. The number of pyridine rings is 1. The molecule has 2 aliphatic carbocycles. The van der Waals surface area contributed by atoms with E-state index in [2.05, 4.69) is 25.2 Å². The predicted octanol–water partition coefficient (Wildman–Crippen LogP) is 4.13. The number of H-pyrrole nitrogens is 1. The van der Waals surface area contributed by atoms with Crippen molar-refractivity contribution in [3.8, 4) is 11.3 Å². The summed E-state index contributed by atoms with van der Waals surface area (Å²) in [4.78, 5) is 30.8. The van der Waals surface area contributed by atoms with Crippen LogP contribution in [0.4, 0.5) is 5.95 Å². The van der Waals surface area contributed by atoms with Gasteiger partial charge in [0.2, 0.25) is 11.9 Å². The maximum absolute atomic E-state index is 11.7. The molecular weight excluding hydrogens is 438 g/mol. The number of primary amides is 1. The van der Waals surface area contributed by atoms with Crippen LogP contribution in [0.1, 0.15) is 51.4 Å². The summed E-state index contributed by atoms with van der Waals surface area (Å²) in [6, 6.07) is 6.89. The summed E-state index contributed by atoms with van der Waals surface area (Å²) in [6.07, 6.45) is 12.6. The number of hydrogen-bond acceptors (Lipinski definition) is 6. The quantitative estimate of drug-likeness (QED) is 0.450. The van der Waals surface area contributed by atoms with E-state index in [4.69, 9.17) is 22.3 Å². The molecule has 4 N–H and O–H groups in total. The van der Waals surface area contributed by atoms with E-state index in [0.717, 1.165) is 48.0 Å². The molecule has 2 aliphatic rings. The van der Waals surface area contributed by atoms with E-state index < -0.39 is 0 Å². The molecule has 3 heterocycles. The number of fused-ring (bicyclic) bond motifs is 1. The lowest BCUT2D eigenvalue weighted by molar-refractivity contribution is -0.120. The Morgan fingerprint density at radius 3 is 2.67 bits per heavy atom. The van der Waals surface area contributed by atoms with Crippen molar-refractivity contribution in [1.82, 2.24) is 24.8 Å². The summed E-state index contributed by atoms with van der Waals surface area (Å²) < 4.78 is 0. The van der Waals surface area contributed by atoms with Crippen molar-refractivity contribution in [2.75, 3.05) is 11.9 Å². The van der Waals surface area contributed by atoms with E-state index in [-0.39, 0.29) is 11.9 Å². The molecule has 0 spiro atoms. The fraction of sp³-hybridized carbons (Fsp3) is 0.500. The van der Waals surface area contributed by atoms with Gasteiger partial charge in [-0.3, -0.25) is 9.69 Å². The molecule has 0 saturated heterocycles. The number of anilines is 1. The Morgan fingerprint density at radius 2 is 1.91 bits per heavy atom. The first-order chi connectivity index (χ1) is 16.1. The Morgan fingerprint density at radius 1 is 1.15 bits per heavy atom. The highest BCUT2D eigenvalue weighted by molar-refractivity contribution is 6.29. The molecule has 3 aromatic heterocycles. The van der Waals surface area contributed by atoms with Crippen LogP contribution < -0.4 is 11.1 Å². The molecule has 0 atom stereocenters. The smallest absolute Gasteiger partial charge is 0.231 e. The van der Waals surface area contributed by atoms with Gasteiger partial charge in [0.05, 0.1) is 12.2 Å². The van der Waals surface area contributed by atoms with Crippen molar-refractivity contribution in [2.45, 2.75) is 69.5 Å². The molecule has 2 fully saturated rings. The number of hydrogen-bond donors (Lipinski definition) is 3. The highest BCUT2D eigenvalue weighted by Crippen LogP contribution is 2.32. The molecule has 0 bridgehead atoms. The van der Waals surface area contributed by atoms with Crippen molar-refractivity contribution in [1.29, 1.82) is 0 Å². The number of nitrogens with one attached hydrogen (secondary N) is 2. The largest absolute Gasteiger partial charge is 0.369 e. The molecule has 0 unspecified atom stereocenters. The van der Waals surface area contributed by atoms with Gasteiger partial charge < -0.3 is 16.0 Å². The van der Waals surface area contributed by atoms with Crippen LogP contribution in [-0.2, 0) is 4.79 Å². The summed E-state index contributed by atoms with van der Waals surface area (Å²) in [5.74, 6) is 0.318. The van der Waals surface area contributed by atoms with Crippen molar-refractivity contribution >= 4 is 34.5 Å². The number of rotatable bonds is 7.